The van der Waals surface area contributed by atoms with Gasteiger partial charge in [-0.15, -0.1) is 0 Å². The third-order valence-corrected chi connectivity index (χ3v) is 5.21. The standard InChI is InChI=1S/C25H24ClN7O2/c1-2-28-25(34)33(15-17-3-7-19(26)8-4-17)24(27)31-20-9-13-22(14-10-20)35-21-11-5-18(6-12-21)23-29-16-30-32-23/h3-14,16H,2,15H2,1H3,(H2,27,31)(H,28,34)(H,29,30,32). The molecular formula is C25H24ClN7O2. The Morgan fingerprint density at radius 2 is 1.71 bits per heavy atom. The summed E-state index contributed by atoms with van der Waals surface area (Å²) in [6, 6.07) is 21.5. The summed E-state index contributed by atoms with van der Waals surface area (Å²) < 4.78 is 5.91. The van der Waals surface area contributed by atoms with Gasteiger partial charge in [-0.1, -0.05) is 23.7 Å². The van der Waals surface area contributed by atoms with E-state index in [4.69, 9.17) is 22.1 Å². The van der Waals surface area contributed by atoms with E-state index in [1.807, 2.05) is 43.3 Å². The molecule has 1 heterocycles. The molecule has 0 bridgehead atoms. The van der Waals surface area contributed by atoms with E-state index in [0.717, 1.165) is 11.1 Å². The molecule has 4 aromatic rings. The Balaban J connectivity index is 1.45. The van der Waals surface area contributed by atoms with E-state index in [1.165, 1.54) is 11.2 Å². The van der Waals surface area contributed by atoms with Crippen molar-refractivity contribution in [3.05, 3.63) is 89.7 Å². The molecular weight excluding hydrogens is 466 g/mol. The molecule has 9 nitrogen and oxygen atoms in total. The lowest BCUT2D eigenvalue weighted by Crippen LogP contribution is -2.46. The van der Waals surface area contributed by atoms with E-state index in [9.17, 15) is 4.79 Å². The molecule has 10 heteroatoms. The van der Waals surface area contributed by atoms with Crippen LogP contribution in [0.4, 0.5) is 10.5 Å². The molecule has 0 spiro atoms. The largest absolute Gasteiger partial charge is 0.457 e. The highest BCUT2D eigenvalue weighted by molar-refractivity contribution is 6.30. The van der Waals surface area contributed by atoms with Gasteiger partial charge in [0.1, 0.15) is 17.8 Å². The van der Waals surface area contributed by atoms with E-state index >= 15 is 0 Å². The van der Waals surface area contributed by atoms with Gasteiger partial charge in [0, 0.05) is 17.1 Å². The second kappa shape index (κ2) is 11.2. The number of amides is 2. The maximum absolute atomic E-state index is 12.6. The number of aliphatic imine (C=N–C) groups is 1. The van der Waals surface area contributed by atoms with Gasteiger partial charge in [0.25, 0.3) is 0 Å². The van der Waals surface area contributed by atoms with Gasteiger partial charge in [0.2, 0.25) is 5.96 Å². The van der Waals surface area contributed by atoms with Crippen LogP contribution >= 0.6 is 11.6 Å². The molecule has 0 aliphatic carbocycles. The number of aromatic amines is 1. The monoisotopic (exact) mass is 489 g/mol. The number of aromatic nitrogens is 3. The third-order valence-electron chi connectivity index (χ3n) is 4.96. The summed E-state index contributed by atoms with van der Waals surface area (Å²) in [6.45, 7) is 2.56. The lowest BCUT2D eigenvalue weighted by Gasteiger charge is -2.22. The number of carbonyl (C=O) groups is 1. The first-order valence-electron chi connectivity index (χ1n) is 10.9. The summed E-state index contributed by atoms with van der Waals surface area (Å²) in [5.41, 5.74) is 8.58. The van der Waals surface area contributed by atoms with Crippen LogP contribution in [0.15, 0.2) is 84.1 Å². The van der Waals surface area contributed by atoms with Crippen LogP contribution < -0.4 is 15.8 Å². The number of halogens is 1. The smallest absolute Gasteiger partial charge is 0.324 e. The number of H-pyrrole nitrogens is 1. The highest BCUT2D eigenvalue weighted by Crippen LogP contribution is 2.26. The van der Waals surface area contributed by atoms with Crippen LogP contribution in [-0.4, -0.2) is 38.6 Å². The number of hydrogen-bond acceptors (Lipinski definition) is 5. The second-order valence-corrected chi connectivity index (χ2v) is 7.91. The van der Waals surface area contributed by atoms with Crippen molar-refractivity contribution in [3.63, 3.8) is 0 Å². The van der Waals surface area contributed by atoms with Gasteiger partial charge < -0.3 is 15.8 Å². The lowest BCUT2D eigenvalue weighted by molar-refractivity contribution is 0.219. The molecule has 0 atom stereocenters. The zero-order valence-corrected chi connectivity index (χ0v) is 19.7. The van der Waals surface area contributed by atoms with Crippen LogP contribution in [0.3, 0.4) is 0 Å². The average molecular weight is 490 g/mol. The maximum Gasteiger partial charge on any atom is 0.324 e. The van der Waals surface area contributed by atoms with Crippen molar-refractivity contribution in [2.75, 3.05) is 6.54 Å². The fraction of sp³-hybridized carbons (Fsp3) is 0.120. The van der Waals surface area contributed by atoms with Crippen molar-refractivity contribution < 1.29 is 9.53 Å². The number of nitrogens with zero attached hydrogens (tertiary/aromatic N) is 4. The Hall–Kier alpha value is -4.37. The summed E-state index contributed by atoms with van der Waals surface area (Å²) >= 11 is 5.96. The summed E-state index contributed by atoms with van der Waals surface area (Å²) in [7, 11) is 0. The zero-order valence-electron chi connectivity index (χ0n) is 19.0. The SMILES string of the molecule is CCNC(=O)N(Cc1ccc(Cl)cc1)/C(N)=N/c1ccc(Oc2ccc(-c3ncn[nH]3)cc2)cc1. The van der Waals surface area contributed by atoms with Gasteiger partial charge in [-0.05, 0) is 73.2 Å². The number of hydrogen-bond donors (Lipinski definition) is 3. The fourth-order valence-corrected chi connectivity index (χ4v) is 3.34. The highest BCUT2D eigenvalue weighted by Gasteiger charge is 2.17. The van der Waals surface area contributed by atoms with E-state index in [0.29, 0.717) is 34.6 Å². The highest BCUT2D eigenvalue weighted by atomic mass is 35.5. The molecule has 4 N–H and O–H groups in total. The van der Waals surface area contributed by atoms with Crippen LogP contribution in [-0.2, 0) is 6.54 Å². The normalized spacial score (nSPS) is 11.2. The van der Waals surface area contributed by atoms with Crippen molar-refractivity contribution in [2.45, 2.75) is 13.5 Å². The molecule has 1 aromatic heterocycles. The number of nitrogens with two attached hydrogens (primary N) is 1. The summed E-state index contributed by atoms with van der Waals surface area (Å²) in [4.78, 5) is 22.5. The molecule has 3 aromatic carbocycles. The first-order chi connectivity index (χ1) is 17.0. The van der Waals surface area contributed by atoms with E-state index in [1.54, 1.807) is 36.4 Å². The first kappa shape index (κ1) is 23.8. The molecule has 0 aliphatic rings. The molecule has 0 fully saturated rings. The van der Waals surface area contributed by atoms with Crippen molar-refractivity contribution >= 4 is 29.3 Å². The van der Waals surface area contributed by atoms with Crippen LogP contribution in [0.1, 0.15) is 12.5 Å². The molecule has 0 saturated carbocycles. The third kappa shape index (κ3) is 6.36. The lowest BCUT2D eigenvalue weighted by atomic mass is 10.2. The van der Waals surface area contributed by atoms with Gasteiger partial charge in [-0.25, -0.2) is 14.8 Å². The summed E-state index contributed by atoms with van der Waals surface area (Å²) in [5.74, 6) is 2.07. The minimum Gasteiger partial charge on any atom is -0.457 e. The number of nitrogens with one attached hydrogen (secondary N) is 2. The van der Waals surface area contributed by atoms with Gasteiger partial charge in [0.05, 0.1) is 12.2 Å². The maximum atomic E-state index is 12.6. The topological polar surface area (TPSA) is 122 Å². The van der Waals surface area contributed by atoms with Gasteiger partial charge in [-0.2, -0.15) is 5.10 Å². The molecule has 0 unspecified atom stereocenters. The zero-order chi connectivity index (χ0) is 24.6. The number of carbonyl (C=O) groups excluding carboxylic acids is 1. The number of benzene rings is 3. The number of urea groups is 1. The van der Waals surface area contributed by atoms with Crippen LogP contribution in [0.5, 0.6) is 11.5 Å². The number of rotatable bonds is 7. The molecule has 35 heavy (non-hydrogen) atoms. The quantitative estimate of drug-likeness (QED) is 0.246. The second-order valence-electron chi connectivity index (χ2n) is 7.47. The fourth-order valence-electron chi connectivity index (χ4n) is 3.22. The van der Waals surface area contributed by atoms with Crippen molar-refractivity contribution in [3.8, 4) is 22.9 Å². The molecule has 178 valence electrons. The summed E-state index contributed by atoms with van der Waals surface area (Å²) in [6.07, 6.45) is 1.46. The average Bonchev–Trinajstić information content (AvgIpc) is 3.40. The van der Waals surface area contributed by atoms with E-state index in [2.05, 4.69) is 25.5 Å². The van der Waals surface area contributed by atoms with Crippen LogP contribution in [0.25, 0.3) is 11.4 Å². The Labute approximate surface area is 207 Å². The molecule has 0 radical (unpaired) electrons. The van der Waals surface area contributed by atoms with E-state index < -0.39 is 0 Å². The minimum absolute atomic E-state index is 0.0718. The first-order valence-corrected chi connectivity index (χ1v) is 11.3. The Kier molecular flexibility index (Phi) is 7.59. The van der Waals surface area contributed by atoms with E-state index in [-0.39, 0.29) is 18.5 Å². The molecule has 0 aliphatic heterocycles. The van der Waals surface area contributed by atoms with Crippen molar-refractivity contribution in [1.82, 2.24) is 25.4 Å². The minimum atomic E-state index is -0.336. The Morgan fingerprint density at radius 1 is 1.06 bits per heavy atom. The van der Waals surface area contributed by atoms with Crippen molar-refractivity contribution in [2.24, 2.45) is 10.7 Å². The predicted molar refractivity (Wildman–Crippen MR) is 136 cm³/mol. The van der Waals surface area contributed by atoms with Crippen LogP contribution in [0, 0.1) is 0 Å². The van der Waals surface area contributed by atoms with Gasteiger partial charge in [-0.3, -0.25) is 10.00 Å². The van der Waals surface area contributed by atoms with Crippen LogP contribution in [0.2, 0.25) is 5.02 Å². The van der Waals surface area contributed by atoms with Gasteiger partial charge in [0.15, 0.2) is 5.82 Å². The molecule has 4 rings (SSSR count). The molecule has 2 amide bonds. The number of guanidine groups is 1. The number of ether oxygens (including phenoxy) is 1. The van der Waals surface area contributed by atoms with Crippen molar-refractivity contribution in [1.29, 1.82) is 0 Å². The van der Waals surface area contributed by atoms with Gasteiger partial charge >= 0.3 is 6.03 Å². The summed E-state index contributed by atoms with van der Waals surface area (Å²) in [5, 5.41) is 10.1. The Morgan fingerprint density at radius 3 is 2.31 bits per heavy atom. The molecule has 0 saturated heterocycles. The predicted octanol–water partition coefficient (Wildman–Crippen LogP) is 5.10. The Bertz CT molecular complexity index is 1270.